The zero-order valence-corrected chi connectivity index (χ0v) is 16.5. The van der Waals surface area contributed by atoms with Crippen LogP contribution in [0.1, 0.15) is 93.2 Å². The molecule has 148 valence electrons. The van der Waals surface area contributed by atoms with E-state index in [2.05, 4.69) is 11.7 Å². The van der Waals surface area contributed by atoms with E-state index < -0.39 is 23.6 Å². The van der Waals surface area contributed by atoms with Crippen molar-refractivity contribution in [2.45, 2.75) is 77.2 Å². The summed E-state index contributed by atoms with van der Waals surface area (Å²) in [5.74, 6) is -1.66. The van der Waals surface area contributed by atoms with Crippen molar-refractivity contribution in [2.75, 3.05) is 7.11 Å². The van der Waals surface area contributed by atoms with Crippen molar-refractivity contribution in [3.8, 4) is 11.5 Å². The number of hydrogen-bond donors (Lipinski definition) is 3. The minimum absolute atomic E-state index is 0.107. The van der Waals surface area contributed by atoms with Crippen LogP contribution in [-0.4, -0.2) is 28.4 Å². The van der Waals surface area contributed by atoms with Gasteiger partial charge in [0.25, 0.3) is 0 Å². The van der Waals surface area contributed by atoms with Gasteiger partial charge in [0.05, 0.1) is 23.8 Å². The average molecular weight is 387 g/mol. The lowest BCUT2D eigenvalue weighted by molar-refractivity contribution is 0.0596. The second-order valence-corrected chi connectivity index (χ2v) is 7.05. The zero-order valence-electron chi connectivity index (χ0n) is 15.8. The number of aliphatic hydroxyl groups excluding tert-OH is 1. The topological polar surface area (TPSA) is 87.0 Å². The highest BCUT2D eigenvalue weighted by molar-refractivity contribution is 6.32. The number of aliphatic hydroxyl groups is 1. The van der Waals surface area contributed by atoms with Gasteiger partial charge in [-0.2, -0.15) is 0 Å². The lowest BCUT2D eigenvalue weighted by Gasteiger charge is -2.17. The molecule has 0 radical (unpaired) electrons. The quantitative estimate of drug-likeness (QED) is 0.326. The SMILES string of the molecule is CCCCCCCCCCCC(O)c1c(O)c(Cl)cc(C(=O)OC)c1O. The summed E-state index contributed by atoms with van der Waals surface area (Å²) < 4.78 is 4.59. The van der Waals surface area contributed by atoms with Crippen molar-refractivity contribution < 1.29 is 24.9 Å². The van der Waals surface area contributed by atoms with Crippen LogP contribution < -0.4 is 0 Å². The van der Waals surface area contributed by atoms with E-state index >= 15 is 0 Å². The van der Waals surface area contributed by atoms with Gasteiger partial charge in [-0.05, 0) is 12.5 Å². The molecule has 1 atom stereocenters. The minimum Gasteiger partial charge on any atom is -0.507 e. The van der Waals surface area contributed by atoms with Gasteiger partial charge in [0.2, 0.25) is 0 Å². The Morgan fingerprint density at radius 3 is 2.12 bits per heavy atom. The molecule has 1 rings (SSSR count). The molecule has 0 spiro atoms. The Bertz CT molecular complexity index is 574. The third kappa shape index (κ3) is 6.69. The first kappa shape index (κ1) is 22.6. The van der Waals surface area contributed by atoms with Crippen LogP contribution in [0, 0.1) is 0 Å². The van der Waals surface area contributed by atoms with Crippen LogP contribution in [0.5, 0.6) is 11.5 Å². The van der Waals surface area contributed by atoms with E-state index in [1.165, 1.54) is 45.6 Å². The number of carbonyl (C=O) groups excluding carboxylic acids is 1. The van der Waals surface area contributed by atoms with E-state index in [-0.39, 0.29) is 16.1 Å². The maximum Gasteiger partial charge on any atom is 0.341 e. The maximum absolute atomic E-state index is 11.7. The van der Waals surface area contributed by atoms with Crippen molar-refractivity contribution in [1.29, 1.82) is 0 Å². The molecule has 3 N–H and O–H groups in total. The van der Waals surface area contributed by atoms with Crippen LogP contribution in [0.3, 0.4) is 0 Å². The molecule has 0 aliphatic carbocycles. The third-order valence-corrected chi connectivity index (χ3v) is 4.87. The Hall–Kier alpha value is -1.46. The minimum atomic E-state index is -1.10. The van der Waals surface area contributed by atoms with Crippen LogP contribution in [0.2, 0.25) is 5.02 Å². The van der Waals surface area contributed by atoms with Gasteiger partial charge >= 0.3 is 5.97 Å². The fourth-order valence-electron chi connectivity index (χ4n) is 3.02. The summed E-state index contributed by atoms with van der Waals surface area (Å²) in [7, 11) is 1.18. The van der Waals surface area contributed by atoms with E-state index in [0.29, 0.717) is 6.42 Å². The van der Waals surface area contributed by atoms with Gasteiger partial charge in [0.15, 0.2) is 0 Å². The van der Waals surface area contributed by atoms with Gasteiger partial charge in [-0.25, -0.2) is 4.79 Å². The number of phenolic OH excluding ortho intramolecular Hbond substituents is 2. The summed E-state index contributed by atoms with van der Waals surface area (Å²) >= 11 is 5.91. The summed E-state index contributed by atoms with van der Waals surface area (Å²) in [6.07, 6.45) is 9.64. The molecule has 1 unspecified atom stereocenters. The number of rotatable bonds is 12. The van der Waals surface area contributed by atoms with E-state index in [1.54, 1.807) is 0 Å². The first-order valence-electron chi connectivity index (χ1n) is 9.44. The van der Waals surface area contributed by atoms with E-state index in [0.717, 1.165) is 25.3 Å². The molecular weight excluding hydrogens is 356 g/mol. The fraction of sp³-hybridized carbons (Fsp3) is 0.650. The van der Waals surface area contributed by atoms with Gasteiger partial charge in [0.1, 0.15) is 17.1 Å². The normalized spacial score (nSPS) is 12.2. The highest BCUT2D eigenvalue weighted by Crippen LogP contribution is 2.42. The second-order valence-electron chi connectivity index (χ2n) is 6.64. The predicted octanol–water partition coefficient (Wildman–Crippen LogP) is 5.49. The molecular formula is C20H31ClO5. The fourth-order valence-corrected chi connectivity index (χ4v) is 3.23. The van der Waals surface area contributed by atoms with E-state index in [9.17, 15) is 20.1 Å². The number of esters is 1. The highest BCUT2D eigenvalue weighted by Gasteiger charge is 2.25. The molecule has 0 aliphatic heterocycles. The number of phenols is 2. The molecule has 0 amide bonds. The Morgan fingerprint density at radius 2 is 1.58 bits per heavy atom. The molecule has 0 aliphatic rings. The van der Waals surface area contributed by atoms with Crippen LogP contribution in [0.15, 0.2) is 6.07 Å². The average Bonchev–Trinajstić information content (AvgIpc) is 2.62. The molecule has 1 aromatic rings. The van der Waals surface area contributed by atoms with Crippen molar-refractivity contribution in [2.24, 2.45) is 0 Å². The monoisotopic (exact) mass is 386 g/mol. The molecule has 0 saturated carbocycles. The Kier molecular flexibility index (Phi) is 10.4. The van der Waals surface area contributed by atoms with Crippen molar-refractivity contribution in [3.63, 3.8) is 0 Å². The first-order valence-corrected chi connectivity index (χ1v) is 9.82. The number of halogens is 1. The molecule has 0 heterocycles. The Balaban J connectivity index is 2.53. The van der Waals surface area contributed by atoms with Gasteiger partial charge in [-0.15, -0.1) is 0 Å². The maximum atomic E-state index is 11.7. The first-order chi connectivity index (χ1) is 12.4. The predicted molar refractivity (Wildman–Crippen MR) is 103 cm³/mol. The number of hydrogen-bond acceptors (Lipinski definition) is 5. The zero-order chi connectivity index (χ0) is 19.5. The van der Waals surface area contributed by atoms with Crippen LogP contribution >= 0.6 is 11.6 Å². The molecule has 0 saturated heterocycles. The van der Waals surface area contributed by atoms with Crippen LogP contribution in [0.4, 0.5) is 0 Å². The van der Waals surface area contributed by atoms with Crippen molar-refractivity contribution in [3.05, 3.63) is 22.2 Å². The van der Waals surface area contributed by atoms with Gasteiger partial charge in [-0.1, -0.05) is 76.3 Å². The van der Waals surface area contributed by atoms with Gasteiger partial charge < -0.3 is 20.1 Å². The van der Waals surface area contributed by atoms with E-state index in [4.69, 9.17) is 11.6 Å². The van der Waals surface area contributed by atoms with Crippen molar-refractivity contribution in [1.82, 2.24) is 0 Å². The molecule has 1 aromatic carbocycles. The number of carbonyl (C=O) groups is 1. The lowest BCUT2D eigenvalue weighted by atomic mass is 9.97. The van der Waals surface area contributed by atoms with Crippen molar-refractivity contribution >= 4 is 17.6 Å². The molecule has 26 heavy (non-hydrogen) atoms. The largest absolute Gasteiger partial charge is 0.507 e. The summed E-state index contributed by atoms with van der Waals surface area (Å²) in [5.41, 5.74) is -0.283. The summed E-state index contributed by atoms with van der Waals surface area (Å²) in [6.45, 7) is 2.20. The van der Waals surface area contributed by atoms with Gasteiger partial charge in [0, 0.05) is 0 Å². The van der Waals surface area contributed by atoms with Gasteiger partial charge in [-0.3, -0.25) is 0 Å². The number of methoxy groups -OCH3 is 1. The smallest absolute Gasteiger partial charge is 0.341 e. The number of benzene rings is 1. The van der Waals surface area contributed by atoms with Crippen LogP contribution in [-0.2, 0) is 4.74 Å². The Morgan fingerprint density at radius 1 is 1.04 bits per heavy atom. The lowest BCUT2D eigenvalue weighted by Crippen LogP contribution is -2.06. The standard InChI is InChI=1S/C20H31ClO5/c1-3-4-5-6-7-8-9-10-11-12-16(22)17-18(23)14(20(25)26-2)13-15(21)19(17)24/h13,16,22-24H,3-12H2,1-2H3. The summed E-state index contributed by atoms with van der Waals surface area (Å²) in [6, 6.07) is 1.13. The summed E-state index contributed by atoms with van der Waals surface area (Å²) in [5, 5.41) is 30.5. The number of unbranched alkanes of at least 4 members (excludes halogenated alkanes) is 8. The third-order valence-electron chi connectivity index (χ3n) is 4.58. The second kappa shape index (κ2) is 12.0. The molecule has 6 heteroatoms. The highest BCUT2D eigenvalue weighted by atomic mass is 35.5. The molecule has 0 aromatic heterocycles. The summed E-state index contributed by atoms with van der Waals surface area (Å²) in [4.78, 5) is 11.7. The molecule has 5 nitrogen and oxygen atoms in total. The van der Waals surface area contributed by atoms with E-state index in [1.807, 2.05) is 0 Å². The molecule has 0 fully saturated rings. The number of ether oxygens (including phenoxy) is 1. The molecule has 0 bridgehead atoms. The number of aromatic hydroxyl groups is 2. The Labute approximate surface area is 161 Å². The van der Waals surface area contributed by atoms with Crippen LogP contribution in [0.25, 0.3) is 0 Å².